The van der Waals surface area contributed by atoms with E-state index in [1.54, 1.807) is 0 Å². The Morgan fingerprint density at radius 3 is 2.37 bits per heavy atom. The monoisotopic (exact) mass is 506 g/mol. The largest absolute Gasteiger partial charge is 0.481 e. The van der Waals surface area contributed by atoms with E-state index in [1.165, 1.54) is 13.0 Å². The quantitative estimate of drug-likeness (QED) is 0.598. The molecule has 14 heteroatoms. The van der Waals surface area contributed by atoms with Gasteiger partial charge in [0.15, 0.2) is 5.60 Å². The van der Waals surface area contributed by atoms with Crippen LogP contribution in [0.5, 0.6) is 5.88 Å². The summed E-state index contributed by atoms with van der Waals surface area (Å²) in [6.45, 7) is 1.92. The van der Waals surface area contributed by atoms with Crippen molar-refractivity contribution >= 4 is 17.5 Å². The molecule has 0 aromatic carbocycles. The van der Waals surface area contributed by atoms with Crippen LogP contribution in [0.1, 0.15) is 41.5 Å². The minimum Gasteiger partial charge on any atom is -0.481 e. The van der Waals surface area contributed by atoms with Crippen LogP contribution in [-0.2, 0) is 15.7 Å². The molecule has 1 fully saturated rings. The van der Waals surface area contributed by atoms with Gasteiger partial charge in [-0.1, -0.05) is 13.0 Å². The molecule has 2 amide bonds. The van der Waals surface area contributed by atoms with Gasteiger partial charge >= 0.3 is 12.4 Å². The van der Waals surface area contributed by atoms with Crippen molar-refractivity contribution in [2.75, 3.05) is 12.4 Å². The van der Waals surface area contributed by atoms with Crippen molar-refractivity contribution in [1.29, 1.82) is 0 Å². The maximum atomic E-state index is 14.0. The average molecular weight is 506 g/mol. The molecule has 1 aliphatic heterocycles. The highest BCUT2D eigenvalue weighted by atomic mass is 19.4. The van der Waals surface area contributed by atoms with Crippen molar-refractivity contribution in [2.24, 2.45) is 11.7 Å². The number of carbonyl (C=O) groups excluding carboxylic acids is 2. The zero-order chi connectivity index (χ0) is 26.3. The van der Waals surface area contributed by atoms with E-state index in [0.717, 1.165) is 32.4 Å². The van der Waals surface area contributed by atoms with Gasteiger partial charge in [-0.3, -0.25) is 14.6 Å². The molecule has 8 nitrogen and oxygen atoms in total. The number of hydrogen-bond acceptors (Lipinski definition) is 6. The van der Waals surface area contributed by atoms with Crippen LogP contribution < -0.4 is 15.8 Å². The molecule has 0 bridgehead atoms. The van der Waals surface area contributed by atoms with E-state index in [2.05, 4.69) is 15.3 Å². The number of aromatic nitrogens is 2. The number of alkyl halides is 6. The lowest BCUT2D eigenvalue weighted by Gasteiger charge is -2.31. The number of carbonyl (C=O) groups is 2. The zero-order valence-corrected chi connectivity index (χ0v) is 18.5. The Bertz CT molecular complexity index is 1140. The first-order valence-electron chi connectivity index (χ1n) is 10.0. The number of pyridine rings is 2. The molecule has 2 aromatic heterocycles. The number of halogens is 6. The SMILES string of the molecule is COc1nc(C(F)(F)F)ccc1[C@@H]1[C@@H](C(=O)Nc2ccnc(C(N)=O)c2)O[C@@](C)(C(F)(F)F)[C@@H]1C. The van der Waals surface area contributed by atoms with Crippen molar-refractivity contribution in [3.05, 3.63) is 47.4 Å². The van der Waals surface area contributed by atoms with Crippen molar-refractivity contribution in [3.63, 3.8) is 0 Å². The summed E-state index contributed by atoms with van der Waals surface area (Å²) in [5.74, 6) is -5.38. The first kappa shape index (κ1) is 26.2. The highest BCUT2D eigenvalue weighted by Crippen LogP contribution is 2.54. The van der Waals surface area contributed by atoms with Gasteiger partial charge < -0.3 is 20.5 Å². The number of methoxy groups -OCH3 is 1. The van der Waals surface area contributed by atoms with Gasteiger partial charge in [-0.05, 0) is 25.1 Å². The van der Waals surface area contributed by atoms with Crippen LogP contribution in [0.15, 0.2) is 30.5 Å². The molecule has 35 heavy (non-hydrogen) atoms. The van der Waals surface area contributed by atoms with Gasteiger partial charge in [0.05, 0.1) is 7.11 Å². The Kier molecular flexibility index (Phi) is 6.72. The van der Waals surface area contributed by atoms with Gasteiger partial charge in [0.2, 0.25) is 5.88 Å². The Morgan fingerprint density at radius 1 is 1.17 bits per heavy atom. The predicted octanol–water partition coefficient (Wildman–Crippen LogP) is 3.68. The van der Waals surface area contributed by atoms with Crippen LogP contribution in [0.25, 0.3) is 0 Å². The van der Waals surface area contributed by atoms with E-state index in [0.29, 0.717) is 6.07 Å². The minimum atomic E-state index is -4.93. The maximum absolute atomic E-state index is 14.0. The number of nitrogens with zero attached hydrogens (tertiary/aromatic N) is 2. The number of ether oxygens (including phenoxy) is 2. The number of nitrogens with one attached hydrogen (secondary N) is 1. The second-order valence-corrected chi connectivity index (χ2v) is 8.03. The number of amides is 2. The second kappa shape index (κ2) is 8.98. The summed E-state index contributed by atoms with van der Waals surface area (Å²) in [7, 11) is 1.01. The van der Waals surface area contributed by atoms with Crippen molar-refractivity contribution in [3.8, 4) is 5.88 Å². The smallest absolute Gasteiger partial charge is 0.433 e. The highest BCUT2D eigenvalue weighted by Gasteiger charge is 2.66. The highest BCUT2D eigenvalue weighted by molar-refractivity contribution is 5.97. The van der Waals surface area contributed by atoms with Crippen LogP contribution in [-0.4, -0.2) is 46.8 Å². The molecule has 4 atom stereocenters. The van der Waals surface area contributed by atoms with Crippen LogP contribution in [0.2, 0.25) is 0 Å². The molecule has 1 aliphatic rings. The van der Waals surface area contributed by atoms with Crippen LogP contribution in [0, 0.1) is 5.92 Å². The molecule has 3 rings (SSSR count). The summed E-state index contributed by atoms with van der Waals surface area (Å²) in [4.78, 5) is 31.5. The molecular weight excluding hydrogens is 486 g/mol. The molecule has 0 radical (unpaired) electrons. The van der Waals surface area contributed by atoms with Crippen LogP contribution >= 0.6 is 0 Å². The van der Waals surface area contributed by atoms with Gasteiger partial charge in [-0.15, -0.1) is 0 Å². The molecule has 190 valence electrons. The zero-order valence-electron chi connectivity index (χ0n) is 18.5. The molecule has 0 aliphatic carbocycles. The van der Waals surface area contributed by atoms with E-state index in [9.17, 15) is 35.9 Å². The van der Waals surface area contributed by atoms with Gasteiger partial charge in [0.1, 0.15) is 17.5 Å². The van der Waals surface area contributed by atoms with E-state index < -0.39 is 59.3 Å². The lowest BCUT2D eigenvalue weighted by atomic mass is 9.77. The summed E-state index contributed by atoms with van der Waals surface area (Å²) in [6, 6.07) is 3.88. The Balaban J connectivity index is 2.07. The number of rotatable bonds is 5. The lowest BCUT2D eigenvalue weighted by Crippen LogP contribution is -2.47. The Labute approximate surface area is 194 Å². The third kappa shape index (κ3) is 4.88. The Hall–Kier alpha value is -3.42. The second-order valence-electron chi connectivity index (χ2n) is 8.03. The van der Waals surface area contributed by atoms with E-state index >= 15 is 0 Å². The topological polar surface area (TPSA) is 116 Å². The molecule has 0 unspecified atom stereocenters. The Morgan fingerprint density at radius 2 is 1.83 bits per heavy atom. The molecule has 2 aromatic rings. The lowest BCUT2D eigenvalue weighted by molar-refractivity contribution is -0.272. The van der Waals surface area contributed by atoms with Gasteiger partial charge in [0.25, 0.3) is 11.8 Å². The van der Waals surface area contributed by atoms with Crippen molar-refractivity contribution in [2.45, 2.75) is 43.8 Å². The summed E-state index contributed by atoms with van der Waals surface area (Å²) in [5, 5.41) is 2.34. The molecule has 1 saturated heterocycles. The van der Waals surface area contributed by atoms with Gasteiger partial charge in [0, 0.05) is 29.3 Å². The van der Waals surface area contributed by atoms with E-state index in [1.807, 2.05) is 0 Å². The normalized spacial score (nSPS) is 24.8. The number of anilines is 1. The van der Waals surface area contributed by atoms with Crippen LogP contribution in [0.4, 0.5) is 32.0 Å². The molecule has 0 saturated carbocycles. The molecular formula is C21H20F6N4O4. The molecule has 3 heterocycles. The number of primary amides is 1. The fourth-order valence-corrected chi connectivity index (χ4v) is 3.91. The fourth-order valence-electron chi connectivity index (χ4n) is 3.91. The third-order valence-corrected chi connectivity index (χ3v) is 5.94. The van der Waals surface area contributed by atoms with Crippen molar-refractivity contribution in [1.82, 2.24) is 9.97 Å². The first-order valence-corrected chi connectivity index (χ1v) is 10.0. The van der Waals surface area contributed by atoms with E-state index in [4.69, 9.17) is 15.2 Å². The summed E-state index contributed by atoms with van der Waals surface area (Å²) in [6.07, 6.45) is -10.4. The predicted molar refractivity (Wildman–Crippen MR) is 108 cm³/mol. The van der Waals surface area contributed by atoms with Gasteiger partial charge in [-0.25, -0.2) is 4.98 Å². The van der Waals surface area contributed by atoms with Crippen LogP contribution in [0.3, 0.4) is 0 Å². The molecule has 0 spiro atoms. The first-order chi connectivity index (χ1) is 16.1. The number of hydrogen-bond donors (Lipinski definition) is 2. The fraction of sp³-hybridized carbons (Fsp3) is 0.429. The maximum Gasteiger partial charge on any atom is 0.433 e. The summed E-state index contributed by atoms with van der Waals surface area (Å²) < 4.78 is 91.5. The molecule has 3 N–H and O–H groups in total. The summed E-state index contributed by atoms with van der Waals surface area (Å²) in [5.41, 5.74) is 0.602. The van der Waals surface area contributed by atoms with E-state index in [-0.39, 0.29) is 16.9 Å². The third-order valence-electron chi connectivity index (χ3n) is 5.94. The summed E-state index contributed by atoms with van der Waals surface area (Å²) >= 11 is 0. The minimum absolute atomic E-state index is 0.00748. The number of nitrogens with two attached hydrogens (primary N) is 1. The average Bonchev–Trinajstić information content (AvgIpc) is 3.04. The standard InChI is InChI=1S/C21H20F6N4O4/c1-9-14(11-4-5-13(20(22,23)24)31-18(11)34-3)15(35-19(9,2)21(25,26)27)17(33)30-10-6-7-29-12(8-10)16(28)32/h4-9,14-15H,1-3H3,(H2,28,32)(H,29,30,33)/t9-,14-,15+,19-/m1/s1. The van der Waals surface area contributed by atoms with Crippen molar-refractivity contribution < 1.29 is 45.4 Å². The van der Waals surface area contributed by atoms with Gasteiger partial charge in [-0.2, -0.15) is 26.3 Å².